The molecule has 1 aromatic carbocycles. The first-order chi connectivity index (χ1) is 8.79. The van der Waals surface area contributed by atoms with E-state index >= 15 is 0 Å². The Morgan fingerprint density at radius 3 is 2.37 bits per heavy atom. The fourth-order valence-corrected chi connectivity index (χ4v) is 1.89. The van der Waals surface area contributed by atoms with Crippen LogP contribution in [0.25, 0.3) is 5.69 Å². The Morgan fingerprint density at radius 1 is 1.16 bits per heavy atom. The molecule has 2 rings (SSSR count). The Morgan fingerprint density at radius 2 is 1.84 bits per heavy atom. The summed E-state index contributed by atoms with van der Waals surface area (Å²) in [5, 5.41) is 3.64. The molecule has 0 radical (unpaired) electrons. The molecule has 0 unspecified atom stereocenters. The van der Waals surface area contributed by atoms with Crippen LogP contribution in [-0.2, 0) is 6.18 Å². The number of nitrogens with zero attached hydrogens (tertiary/aromatic N) is 2. The highest BCUT2D eigenvalue weighted by molar-refractivity contribution is 5.38. The van der Waals surface area contributed by atoms with Gasteiger partial charge in [-0.15, -0.1) is 0 Å². The first-order valence-corrected chi connectivity index (χ1v) is 6.03. The third-order valence-electron chi connectivity index (χ3n) is 2.96. The second-order valence-corrected chi connectivity index (χ2v) is 4.83. The minimum atomic E-state index is -4.41. The van der Waals surface area contributed by atoms with Gasteiger partial charge in [-0.2, -0.15) is 18.3 Å². The maximum atomic E-state index is 12.6. The van der Waals surface area contributed by atoms with E-state index in [0.29, 0.717) is 17.3 Å². The van der Waals surface area contributed by atoms with E-state index in [4.69, 9.17) is 0 Å². The van der Waals surface area contributed by atoms with Gasteiger partial charge >= 0.3 is 6.18 Å². The van der Waals surface area contributed by atoms with Crippen molar-refractivity contribution in [3.05, 3.63) is 47.3 Å². The Kier molecular flexibility index (Phi) is 3.39. The maximum absolute atomic E-state index is 12.6. The fraction of sp³-hybridized carbons (Fsp3) is 0.357. The van der Waals surface area contributed by atoms with E-state index in [9.17, 15) is 13.2 Å². The van der Waals surface area contributed by atoms with Gasteiger partial charge in [0.1, 0.15) is 0 Å². The third kappa shape index (κ3) is 2.80. The lowest BCUT2D eigenvalue weighted by molar-refractivity contribution is -0.141. The average molecular weight is 268 g/mol. The number of aryl methyl sites for hydroxylation is 1. The molecule has 0 aliphatic carbocycles. The Hall–Kier alpha value is -1.78. The van der Waals surface area contributed by atoms with Gasteiger partial charge in [-0.1, -0.05) is 26.0 Å². The molecule has 0 bridgehead atoms. The zero-order chi connectivity index (χ0) is 14.2. The molecule has 2 aromatic rings. The summed E-state index contributed by atoms with van der Waals surface area (Å²) in [7, 11) is 0. The molecule has 0 aliphatic heterocycles. The van der Waals surface area contributed by atoms with Crippen molar-refractivity contribution >= 4 is 0 Å². The van der Waals surface area contributed by atoms with Gasteiger partial charge < -0.3 is 0 Å². The minimum Gasteiger partial charge on any atom is -0.238 e. The predicted octanol–water partition coefficient (Wildman–Crippen LogP) is 4.32. The summed E-state index contributed by atoms with van der Waals surface area (Å²) in [6.45, 7) is 5.69. The smallest absolute Gasteiger partial charge is 0.238 e. The van der Waals surface area contributed by atoms with Crippen LogP contribution < -0.4 is 0 Å². The zero-order valence-electron chi connectivity index (χ0n) is 11.0. The van der Waals surface area contributed by atoms with Gasteiger partial charge in [-0.25, -0.2) is 4.68 Å². The van der Waals surface area contributed by atoms with E-state index in [1.165, 1.54) is 4.68 Å². The highest BCUT2D eigenvalue weighted by Crippen LogP contribution is 2.29. The molecule has 0 N–H and O–H groups in total. The average Bonchev–Trinajstić information content (AvgIpc) is 2.71. The maximum Gasteiger partial charge on any atom is 0.435 e. The van der Waals surface area contributed by atoms with Crippen LogP contribution in [0.3, 0.4) is 0 Å². The molecule has 0 saturated carbocycles. The third-order valence-corrected chi connectivity index (χ3v) is 2.96. The van der Waals surface area contributed by atoms with E-state index in [1.54, 1.807) is 13.0 Å². The first kappa shape index (κ1) is 13.6. The van der Waals surface area contributed by atoms with Crippen LogP contribution in [-0.4, -0.2) is 9.78 Å². The van der Waals surface area contributed by atoms with Crippen molar-refractivity contribution < 1.29 is 13.2 Å². The van der Waals surface area contributed by atoms with Gasteiger partial charge in [-0.3, -0.25) is 0 Å². The van der Waals surface area contributed by atoms with E-state index in [2.05, 4.69) is 5.10 Å². The SMILES string of the molecule is Cc1cc(C(F)(F)F)nn1-c1cccc(C(C)C)c1. The Labute approximate surface area is 109 Å². The van der Waals surface area contributed by atoms with Crippen molar-refractivity contribution in [2.45, 2.75) is 32.9 Å². The molecule has 0 amide bonds. The van der Waals surface area contributed by atoms with Crippen LogP contribution in [0.1, 0.15) is 36.7 Å². The molecule has 1 aromatic heterocycles. The summed E-state index contributed by atoms with van der Waals surface area (Å²) >= 11 is 0. The Bertz CT molecular complexity index is 583. The topological polar surface area (TPSA) is 17.8 Å². The van der Waals surface area contributed by atoms with E-state index < -0.39 is 11.9 Å². The van der Waals surface area contributed by atoms with Gasteiger partial charge in [0, 0.05) is 5.69 Å². The summed E-state index contributed by atoms with van der Waals surface area (Å²) in [6, 6.07) is 8.47. The van der Waals surface area contributed by atoms with Crippen molar-refractivity contribution in [1.29, 1.82) is 0 Å². The molecule has 102 valence electrons. The van der Waals surface area contributed by atoms with Crippen LogP contribution in [0.2, 0.25) is 0 Å². The van der Waals surface area contributed by atoms with Crippen LogP contribution in [0.4, 0.5) is 13.2 Å². The largest absolute Gasteiger partial charge is 0.435 e. The second kappa shape index (κ2) is 4.72. The van der Waals surface area contributed by atoms with Gasteiger partial charge in [0.2, 0.25) is 0 Å². The molecule has 2 nitrogen and oxygen atoms in total. The molecule has 0 atom stereocenters. The summed E-state index contributed by atoms with van der Waals surface area (Å²) in [6.07, 6.45) is -4.41. The summed E-state index contributed by atoms with van der Waals surface area (Å²) < 4.78 is 39.2. The number of halogens is 3. The van der Waals surface area contributed by atoms with Crippen LogP contribution in [0.5, 0.6) is 0 Å². The number of aromatic nitrogens is 2. The summed E-state index contributed by atoms with van der Waals surface area (Å²) in [5.41, 5.74) is 1.33. The van der Waals surface area contributed by atoms with E-state index in [1.807, 2.05) is 32.0 Å². The molecule has 19 heavy (non-hydrogen) atoms. The van der Waals surface area contributed by atoms with Crippen molar-refractivity contribution in [2.24, 2.45) is 0 Å². The minimum absolute atomic E-state index is 0.318. The van der Waals surface area contributed by atoms with Gasteiger partial charge in [-0.05, 0) is 36.6 Å². The molecular formula is C14H15F3N2. The van der Waals surface area contributed by atoms with Crippen molar-refractivity contribution in [3.8, 4) is 5.69 Å². The van der Waals surface area contributed by atoms with Crippen molar-refractivity contribution in [2.75, 3.05) is 0 Å². The van der Waals surface area contributed by atoms with E-state index in [0.717, 1.165) is 11.6 Å². The van der Waals surface area contributed by atoms with E-state index in [-0.39, 0.29) is 0 Å². The highest BCUT2D eigenvalue weighted by Gasteiger charge is 2.34. The molecular weight excluding hydrogens is 253 g/mol. The lowest BCUT2D eigenvalue weighted by Crippen LogP contribution is -2.07. The fourth-order valence-electron chi connectivity index (χ4n) is 1.89. The lowest BCUT2D eigenvalue weighted by Gasteiger charge is -2.09. The number of benzene rings is 1. The molecule has 0 spiro atoms. The quantitative estimate of drug-likeness (QED) is 0.793. The molecule has 1 heterocycles. The summed E-state index contributed by atoms with van der Waals surface area (Å²) in [5.74, 6) is 0.318. The second-order valence-electron chi connectivity index (χ2n) is 4.83. The molecule has 5 heteroatoms. The summed E-state index contributed by atoms with van der Waals surface area (Å²) in [4.78, 5) is 0. The normalized spacial score (nSPS) is 12.2. The number of hydrogen-bond donors (Lipinski definition) is 0. The van der Waals surface area contributed by atoms with Crippen LogP contribution in [0, 0.1) is 6.92 Å². The highest BCUT2D eigenvalue weighted by atomic mass is 19.4. The first-order valence-electron chi connectivity index (χ1n) is 6.03. The van der Waals surface area contributed by atoms with Gasteiger partial charge in [0.25, 0.3) is 0 Å². The monoisotopic (exact) mass is 268 g/mol. The number of hydrogen-bond acceptors (Lipinski definition) is 1. The lowest BCUT2D eigenvalue weighted by atomic mass is 10.0. The molecule has 0 aliphatic rings. The standard InChI is InChI=1S/C14H15F3N2/c1-9(2)11-5-4-6-12(8-11)19-10(3)7-13(18-19)14(15,16)17/h4-9H,1-3H3. The molecule has 0 saturated heterocycles. The van der Waals surface area contributed by atoms with Crippen molar-refractivity contribution in [1.82, 2.24) is 9.78 Å². The van der Waals surface area contributed by atoms with Crippen LogP contribution >= 0.6 is 0 Å². The Balaban J connectivity index is 2.47. The van der Waals surface area contributed by atoms with Gasteiger partial charge in [0.05, 0.1) is 5.69 Å². The predicted molar refractivity (Wildman–Crippen MR) is 67.4 cm³/mol. The molecule has 0 fully saturated rings. The van der Waals surface area contributed by atoms with Crippen LogP contribution in [0.15, 0.2) is 30.3 Å². The number of alkyl halides is 3. The van der Waals surface area contributed by atoms with Gasteiger partial charge in [0.15, 0.2) is 5.69 Å². The number of rotatable bonds is 2. The van der Waals surface area contributed by atoms with Crippen molar-refractivity contribution in [3.63, 3.8) is 0 Å². The zero-order valence-corrected chi connectivity index (χ0v) is 11.0.